The minimum Gasteiger partial charge on any atom is -0.469 e. The fourth-order valence-corrected chi connectivity index (χ4v) is 2.86. The maximum Gasteiger partial charge on any atom is 0.307 e. The van der Waals surface area contributed by atoms with Crippen LogP contribution in [0.2, 0.25) is 5.02 Å². The average Bonchev–Trinajstić information content (AvgIpc) is 2.92. The van der Waals surface area contributed by atoms with E-state index in [1.807, 2.05) is 0 Å². The van der Waals surface area contributed by atoms with Gasteiger partial charge in [-0.2, -0.15) is 4.37 Å². The molecule has 0 aliphatic heterocycles. The highest BCUT2D eigenvalue weighted by atomic mass is 35.5. The van der Waals surface area contributed by atoms with Gasteiger partial charge in [-0.05, 0) is 36.2 Å². The van der Waals surface area contributed by atoms with Gasteiger partial charge in [0, 0.05) is 10.4 Å². The zero-order valence-corrected chi connectivity index (χ0v) is 13.7. The lowest BCUT2D eigenvalue weighted by Crippen LogP contribution is -2.30. The molecule has 1 aromatic heterocycles. The standard InChI is InChI=1S/C15H15ClN2O3S/c1-9-12(8-22-18-9)15(20)17-13(7-14(19)21-2)10-4-3-5-11(16)6-10/h3-6,8,13H,7H2,1-2H3,(H,17,20). The zero-order chi connectivity index (χ0) is 16.1. The number of halogens is 1. The Hall–Kier alpha value is -1.92. The van der Waals surface area contributed by atoms with Gasteiger partial charge in [-0.15, -0.1) is 0 Å². The summed E-state index contributed by atoms with van der Waals surface area (Å²) in [6, 6.07) is 6.51. The highest BCUT2D eigenvalue weighted by Gasteiger charge is 2.21. The molecule has 0 spiro atoms. The van der Waals surface area contributed by atoms with Crippen LogP contribution in [-0.2, 0) is 9.53 Å². The van der Waals surface area contributed by atoms with E-state index in [2.05, 4.69) is 9.69 Å². The third-order valence-electron chi connectivity index (χ3n) is 3.15. The lowest BCUT2D eigenvalue weighted by atomic mass is 10.0. The van der Waals surface area contributed by atoms with Crippen molar-refractivity contribution in [3.8, 4) is 0 Å². The highest BCUT2D eigenvalue weighted by molar-refractivity contribution is 7.03. The molecule has 0 fully saturated rings. The van der Waals surface area contributed by atoms with Crippen molar-refractivity contribution in [3.63, 3.8) is 0 Å². The van der Waals surface area contributed by atoms with Crippen molar-refractivity contribution >= 4 is 35.0 Å². The Balaban J connectivity index is 2.23. The molecule has 22 heavy (non-hydrogen) atoms. The summed E-state index contributed by atoms with van der Waals surface area (Å²) in [5.74, 6) is -0.689. The van der Waals surface area contributed by atoms with Gasteiger partial charge in [0.1, 0.15) is 0 Å². The largest absolute Gasteiger partial charge is 0.469 e. The maximum atomic E-state index is 12.3. The summed E-state index contributed by atoms with van der Waals surface area (Å²) in [7, 11) is 1.31. The van der Waals surface area contributed by atoms with Crippen molar-refractivity contribution in [2.24, 2.45) is 0 Å². The number of nitrogens with zero attached hydrogens (tertiary/aromatic N) is 1. The topological polar surface area (TPSA) is 68.3 Å². The van der Waals surface area contributed by atoms with E-state index in [0.29, 0.717) is 16.3 Å². The van der Waals surface area contributed by atoms with Gasteiger partial charge in [-0.25, -0.2) is 0 Å². The van der Waals surface area contributed by atoms with Gasteiger partial charge >= 0.3 is 5.97 Å². The molecule has 1 atom stereocenters. The normalized spacial score (nSPS) is 11.8. The summed E-state index contributed by atoms with van der Waals surface area (Å²) in [4.78, 5) is 23.9. The van der Waals surface area contributed by atoms with Crippen LogP contribution in [-0.4, -0.2) is 23.4 Å². The van der Waals surface area contributed by atoms with Crippen molar-refractivity contribution < 1.29 is 14.3 Å². The third-order valence-corrected chi connectivity index (χ3v) is 4.10. The number of nitrogens with one attached hydrogen (secondary N) is 1. The first-order valence-corrected chi connectivity index (χ1v) is 7.77. The predicted octanol–water partition coefficient (Wildman–Crippen LogP) is 3.14. The van der Waals surface area contributed by atoms with Gasteiger partial charge in [0.05, 0.1) is 30.8 Å². The summed E-state index contributed by atoms with van der Waals surface area (Å²) in [6.45, 7) is 1.76. The van der Waals surface area contributed by atoms with Crippen LogP contribution in [0.5, 0.6) is 0 Å². The summed E-state index contributed by atoms with van der Waals surface area (Å²) >= 11 is 7.20. The van der Waals surface area contributed by atoms with Gasteiger partial charge in [0.25, 0.3) is 5.91 Å². The quantitative estimate of drug-likeness (QED) is 0.850. The fraction of sp³-hybridized carbons (Fsp3) is 0.267. The molecule has 0 saturated carbocycles. The van der Waals surface area contributed by atoms with Crippen molar-refractivity contribution in [1.82, 2.24) is 9.69 Å². The smallest absolute Gasteiger partial charge is 0.307 e. The summed E-state index contributed by atoms with van der Waals surface area (Å²) < 4.78 is 8.77. The number of aryl methyl sites for hydroxylation is 1. The molecule has 0 saturated heterocycles. The Morgan fingerprint density at radius 3 is 2.82 bits per heavy atom. The number of methoxy groups -OCH3 is 1. The summed E-state index contributed by atoms with van der Waals surface area (Å²) in [6.07, 6.45) is 0.0270. The molecule has 1 unspecified atom stereocenters. The molecule has 2 rings (SSSR count). The van der Waals surface area contributed by atoms with E-state index < -0.39 is 12.0 Å². The van der Waals surface area contributed by atoms with Crippen LogP contribution in [0, 0.1) is 6.92 Å². The first-order valence-electron chi connectivity index (χ1n) is 6.55. The van der Waals surface area contributed by atoms with Crippen LogP contribution in [0.3, 0.4) is 0 Å². The number of rotatable bonds is 5. The lowest BCUT2D eigenvalue weighted by molar-refractivity contribution is -0.141. The molecule has 5 nitrogen and oxygen atoms in total. The number of hydrogen-bond acceptors (Lipinski definition) is 5. The number of amides is 1. The molecule has 0 aliphatic rings. The number of carbonyl (C=O) groups is 2. The third kappa shape index (κ3) is 4.05. The van der Waals surface area contributed by atoms with Crippen molar-refractivity contribution in [2.45, 2.75) is 19.4 Å². The molecule has 116 valence electrons. The van der Waals surface area contributed by atoms with Crippen LogP contribution in [0.1, 0.15) is 34.1 Å². The lowest BCUT2D eigenvalue weighted by Gasteiger charge is -2.18. The second kappa shape index (κ2) is 7.38. The molecule has 0 bridgehead atoms. The van der Waals surface area contributed by atoms with Gasteiger partial charge in [0.2, 0.25) is 0 Å². The van der Waals surface area contributed by atoms with Crippen LogP contribution in [0.4, 0.5) is 0 Å². The molecule has 0 radical (unpaired) electrons. The predicted molar refractivity (Wildman–Crippen MR) is 85.1 cm³/mol. The van der Waals surface area contributed by atoms with Crippen LogP contribution in [0.15, 0.2) is 29.6 Å². The summed E-state index contributed by atoms with van der Waals surface area (Å²) in [5, 5.41) is 5.05. The Kier molecular flexibility index (Phi) is 5.51. The molecular weight excluding hydrogens is 324 g/mol. The SMILES string of the molecule is COC(=O)CC(NC(=O)c1csnc1C)c1cccc(Cl)c1. The average molecular weight is 339 g/mol. The van der Waals surface area contributed by atoms with Gasteiger partial charge in [0.15, 0.2) is 0 Å². The Bertz CT molecular complexity index is 687. The Morgan fingerprint density at radius 2 is 2.23 bits per heavy atom. The molecule has 1 amide bonds. The van der Waals surface area contributed by atoms with E-state index in [1.54, 1.807) is 36.6 Å². The second-order valence-electron chi connectivity index (χ2n) is 4.67. The minimum absolute atomic E-state index is 0.0270. The summed E-state index contributed by atoms with van der Waals surface area (Å²) in [5.41, 5.74) is 1.90. The van der Waals surface area contributed by atoms with Gasteiger partial charge < -0.3 is 10.1 Å². The van der Waals surface area contributed by atoms with Crippen molar-refractivity contribution in [2.75, 3.05) is 7.11 Å². The van der Waals surface area contributed by atoms with Crippen LogP contribution >= 0.6 is 23.1 Å². The number of esters is 1. The number of ether oxygens (including phenoxy) is 1. The Labute approximate surface area is 137 Å². The molecule has 0 aliphatic carbocycles. The van der Waals surface area contributed by atoms with E-state index >= 15 is 0 Å². The van der Waals surface area contributed by atoms with Crippen LogP contribution < -0.4 is 5.32 Å². The van der Waals surface area contributed by atoms with E-state index in [0.717, 1.165) is 5.56 Å². The first kappa shape index (κ1) is 16.5. The van der Waals surface area contributed by atoms with Crippen LogP contribution in [0.25, 0.3) is 0 Å². The van der Waals surface area contributed by atoms with Crippen molar-refractivity contribution in [1.29, 1.82) is 0 Å². The number of carbonyl (C=O) groups excluding carboxylic acids is 2. The zero-order valence-electron chi connectivity index (χ0n) is 12.1. The minimum atomic E-state index is -0.516. The van der Waals surface area contributed by atoms with Gasteiger partial charge in [-0.1, -0.05) is 23.7 Å². The van der Waals surface area contributed by atoms with Crippen molar-refractivity contribution in [3.05, 3.63) is 51.5 Å². The molecular formula is C15H15ClN2O3S. The molecule has 1 aromatic carbocycles. The van der Waals surface area contributed by atoms with Gasteiger partial charge in [-0.3, -0.25) is 9.59 Å². The van der Waals surface area contributed by atoms with E-state index in [4.69, 9.17) is 16.3 Å². The highest BCUT2D eigenvalue weighted by Crippen LogP contribution is 2.22. The van der Waals surface area contributed by atoms with E-state index in [-0.39, 0.29) is 12.3 Å². The molecule has 2 aromatic rings. The first-order chi connectivity index (χ1) is 10.5. The number of benzene rings is 1. The molecule has 1 N–H and O–H groups in total. The molecule has 1 heterocycles. The second-order valence-corrected chi connectivity index (χ2v) is 5.74. The van der Waals surface area contributed by atoms with E-state index in [9.17, 15) is 9.59 Å². The monoisotopic (exact) mass is 338 g/mol. The Morgan fingerprint density at radius 1 is 1.45 bits per heavy atom. The fourth-order valence-electron chi connectivity index (χ4n) is 1.97. The number of aromatic nitrogens is 1. The molecule has 7 heteroatoms. The van der Waals surface area contributed by atoms with E-state index in [1.165, 1.54) is 18.6 Å². The number of hydrogen-bond donors (Lipinski definition) is 1. The maximum absolute atomic E-state index is 12.3.